The van der Waals surface area contributed by atoms with E-state index in [2.05, 4.69) is 10.2 Å². The number of piperazine rings is 1. The molecule has 1 aromatic carbocycles. The fourth-order valence-electron chi connectivity index (χ4n) is 3.00. The van der Waals surface area contributed by atoms with Crippen molar-refractivity contribution >= 4 is 46.4 Å². The van der Waals surface area contributed by atoms with E-state index in [1.807, 2.05) is 28.5 Å². The molecule has 0 atom stereocenters. The molecule has 0 bridgehead atoms. The third kappa shape index (κ3) is 5.45. The lowest BCUT2D eigenvalue weighted by Crippen LogP contribution is -2.48. The monoisotopic (exact) mass is 425 g/mol. The van der Waals surface area contributed by atoms with Gasteiger partial charge in [0.2, 0.25) is 5.91 Å². The molecule has 2 aromatic rings. The van der Waals surface area contributed by atoms with Gasteiger partial charge >= 0.3 is 0 Å². The fraction of sp³-hybridized carbons (Fsp3) is 0.368. The summed E-state index contributed by atoms with van der Waals surface area (Å²) in [5.74, 6) is -0.0528. The van der Waals surface area contributed by atoms with Crippen molar-refractivity contribution < 1.29 is 9.59 Å². The molecule has 144 valence electrons. The van der Waals surface area contributed by atoms with Gasteiger partial charge in [-0.05, 0) is 23.1 Å². The second-order valence-corrected chi connectivity index (χ2v) is 8.09. The smallest absolute Gasteiger partial charge is 0.261 e. The van der Waals surface area contributed by atoms with Crippen molar-refractivity contribution in [3.63, 3.8) is 0 Å². The summed E-state index contributed by atoms with van der Waals surface area (Å²) in [6.45, 7) is 4.00. The van der Waals surface area contributed by atoms with Crippen LogP contribution >= 0.6 is 34.5 Å². The van der Waals surface area contributed by atoms with Crippen LogP contribution in [0.4, 0.5) is 0 Å². The molecule has 0 radical (unpaired) electrons. The number of nitrogens with one attached hydrogen (secondary N) is 1. The number of nitrogens with zero attached hydrogens (tertiary/aromatic N) is 2. The van der Waals surface area contributed by atoms with Crippen LogP contribution in [0.3, 0.4) is 0 Å². The second-order valence-electron chi connectivity index (χ2n) is 6.35. The molecule has 3 rings (SSSR count). The molecular weight excluding hydrogens is 405 g/mol. The third-order valence-corrected chi connectivity index (χ3v) is 6.25. The molecule has 0 aliphatic carbocycles. The first-order valence-electron chi connectivity index (χ1n) is 8.79. The van der Waals surface area contributed by atoms with Gasteiger partial charge in [-0.3, -0.25) is 14.5 Å². The van der Waals surface area contributed by atoms with E-state index in [1.54, 1.807) is 12.1 Å². The molecule has 0 saturated carbocycles. The number of amides is 2. The Hall–Kier alpha value is -1.60. The van der Waals surface area contributed by atoms with Gasteiger partial charge in [0, 0.05) is 45.7 Å². The van der Waals surface area contributed by atoms with E-state index in [-0.39, 0.29) is 11.8 Å². The first-order chi connectivity index (χ1) is 13.0. The van der Waals surface area contributed by atoms with E-state index >= 15 is 0 Å². The Kier molecular flexibility index (Phi) is 7.13. The zero-order chi connectivity index (χ0) is 19.2. The van der Waals surface area contributed by atoms with Gasteiger partial charge in [0.25, 0.3) is 5.91 Å². The van der Waals surface area contributed by atoms with Crippen LogP contribution in [0, 0.1) is 0 Å². The number of thiophene rings is 1. The lowest BCUT2D eigenvalue weighted by Gasteiger charge is -2.35. The minimum absolute atomic E-state index is 0.0712. The molecule has 27 heavy (non-hydrogen) atoms. The van der Waals surface area contributed by atoms with Crippen molar-refractivity contribution in [3.05, 3.63) is 56.2 Å². The summed E-state index contributed by atoms with van der Waals surface area (Å²) in [6.07, 6.45) is 0.317. The van der Waals surface area contributed by atoms with Crippen LogP contribution in [0.5, 0.6) is 0 Å². The zero-order valence-corrected chi connectivity index (χ0v) is 17.1. The number of hydrogen-bond acceptors (Lipinski definition) is 4. The first-order valence-corrected chi connectivity index (χ1v) is 10.4. The van der Waals surface area contributed by atoms with Crippen molar-refractivity contribution in [2.45, 2.75) is 13.0 Å². The summed E-state index contributed by atoms with van der Waals surface area (Å²) in [7, 11) is 0. The number of carbonyl (C=O) groups excluding carboxylic acids is 2. The maximum Gasteiger partial charge on any atom is 0.261 e. The van der Waals surface area contributed by atoms with Crippen LogP contribution in [0.15, 0.2) is 35.7 Å². The Balaban J connectivity index is 1.40. The van der Waals surface area contributed by atoms with E-state index in [0.29, 0.717) is 41.0 Å². The molecule has 0 unspecified atom stereocenters. The summed E-state index contributed by atoms with van der Waals surface area (Å²) >= 11 is 13.7. The molecule has 2 amide bonds. The molecule has 1 N–H and O–H groups in total. The summed E-state index contributed by atoms with van der Waals surface area (Å²) in [4.78, 5) is 29.0. The van der Waals surface area contributed by atoms with E-state index in [9.17, 15) is 9.59 Å². The highest BCUT2D eigenvalue weighted by Crippen LogP contribution is 2.26. The van der Waals surface area contributed by atoms with Crippen molar-refractivity contribution in [1.82, 2.24) is 15.1 Å². The Morgan fingerprint density at radius 3 is 2.56 bits per heavy atom. The number of benzene rings is 1. The average Bonchev–Trinajstić information content (AvgIpc) is 3.21. The number of hydrogen-bond donors (Lipinski definition) is 1. The molecule has 0 spiro atoms. The van der Waals surface area contributed by atoms with Gasteiger partial charge in [-0.15, -0.1) is 11.3 Å². The van der Waals surface area contributed by atoms with Crippen LogP contribution in [-0.4, -0.2) is 54.3 Å². The highest BCUT2D eigenvalue weighted by atomic mass is 35.5. The van der Waals surface area contributed by atoms with Gasteiger partial charge < -0.3 is 10.2 Å². The van der Waals surface area contributed by atoms with Crippen LogP contribution in [-0.2, 0) is 11.3 Å². The molecule has 1 aliphatic rings. The van der Waals surface area contributed by atoms with Crippen molar-refractivity contribution in [2.24, 2.45) is 0 Å². The number of rotatable bonds is 6. The lowest BCUT2D eigenvalue weighted by atomic mass is 10.2. The van der Waals surface area contributed by atoms with Crippen LogP contribution in [0.1, 0.15) is 21.7 Å². The SMILES string of the molecule is O=C(NCCC(=O)N1CCN(Cc2cccc(Cl)c2Cl)CC1)c1cccs1. The van der Waals surface area contributed by atoms with Crippen molar-refractivity contribution in [2.75, 3.05) is 32.7 Å². The van der Waals surface area contributed by atoms with E-state index in [4.69, 9.17) is 23.2 Å². The summed E-state index contributed by atoms with van der Waals surface area (Å²) < 4.78 is 0. The maximum absolute atomic E-state index is 12.4. The molecule has 1 fully saturated rings. The first kappa shape index (κ1) is 20.1. The predicted molar refractivity (Wildman–Crippen MR) is 110 cm³/mol. The zero-order valence-electron chi connectivity index (χ0n) is 14.8. The number of halogens is 2. The third-order valence-electron chi connectivity index (χ3n) is 4.52. The Bertz CT molecular complexity index is 790. The average molecular weight is 426 g/mol. The molecule has 5 nitrogen and oxygen atoms in total. The Labute approximate surface area is 172 Å². The molecule has 8 heteroatoms. The summed E-state index contributed by atoms with van der Waals surface area (Å²) in [5.41, 5.74) is 1.00. The van der Waals surface area contributed by atoms with Crippen LogP contribution < -0.4 is 5.32 Å². The van der Waals surface area contributed by atoms with Gasteiger partial charge in [0.15, 0.2) is 0 Å². The largest absolute Gasteiger partial charge is 0.351 e. The van der Waals surface area contributed by atoms with E-state index in [1.165, 1.54) is 11.3 Å². The van der Waals surface area contributed by atoms with Gasteiger partial charge in [0.1, 0.15) is 0 Å². The Morgan fingerprint density at radius 2 is 1.85 bits per heavy atom. The minimum atomic E-state index is -0.124. The summed E-state index contributed by atoms with van der Waals surface area (Å²) in [5, 5.41) is 5.81. The van der Waals surface area contributed by atoms with E-state index < -0.39 is 0 Å². The highest BCUT2D eigenvalue weighted by molar-refractivity contribution is 7.12. The quantitative estimate of drug-likeness (QED) is 0.769. The van der Waals surface area contributed by atoms with Gasteiger partial charge in [-0.25, -0.2) is 0 Å². The fourth-order valence-corrected chi connectivity index (χ4v) is 4.02. The lowest BCUT2D eigenvalue weighted by molar-refractivity contribution is -0.132. The topological polar surface area (TPSA) is 52.7 Å². The standard InChI is InChI=1S/C19H21Cl2N3O2S/c20-15-4-1-3-14(18(15)21)13-23-8-10-24(11-9-23)17(25)6-7-22-19(26)16-5-2-12-27-16/h1-5,12H,6-11,13H2,(H,22,26). The molecule has 2 heterocycles. The molecule has 1 aliphatic heterocycles. The van der Waals surface area contributed by atoms with Crippen molar-refractivity contribution in [3.8, 4) is 0 Å². The maximum atomic E-state index is 12.4. The van der Waals surface area contributed by atoms with E-state index in [0.717, 1.165) is 25.2 Å². The molecule has 1 aromatic heterocycles. The van der Waals surface area contributed by atoms with Crippen LogP contribution in [0.25, 0.3) is 0 Å². The normalized spacial score (nSPS) is 15.0. The van der Waals surface area contributed by atoms with Crippen molar-refractivity contribution in [1.29, 1.82) is 0 Å². The highest BCUT2D eigenvalue weighted by Gasteiger charge is 2.21. The van der Waals surface area contributed by atoms with Gasteiger partial charge in [-0.1, -0.05) is 41.4 Å². The van der Waals surface area contributed by atoms with Gasteiger partial charge in [-0.2, -0.15) is 0 Å². The van der Waals surface area contributed by atoms with Crippen LogP contribution in [0.2, 0.25) is 10.0 Å². The Morgan fingerprint density at radius 1 is 1.07 bits per heavy atom. The predicted octanol–water partition coefficient (Wildman–Crippen LogP) is 3.52. The summed E-state index contributed by atoms with van der Waals surface area (Å²) in [6, 6.07) is 9.26. The minimum Gasteiger partial charge on any atom is -0.351 e. The molecule has 1 saturated heterocycles. The van der Waals surface area contributed by atoms with Gasteiger partial charge in [0.05, 0.1) is 14.9 Å². The molecular formula is C19H21Cl2N3O2S. The second kappa shape index (κ2) is 9.55. The number of carbonyl (C=O) groups is 2.